The highest BCUT2D eigenvalue weighted by molar-refractivity contribution is 7.89. The van der Waals surface area contributed by atoms with Crippen molar-refractivity contribution in [3.05, 3.63) is 60.3 Å². The molecule has 1 heterocycles. The van der Waals surface area contributed by atoms with E-state index in [1.54, 1.807) is 6.92 Å². The summed E-state index contributed by atoms with van der Waals surface area (Å²) in [5, 5.41) is 10.8. The van der Waals surface area contributed by atoms with Crippen LogP contribution in [0.5, 0.6) is 5.75 Å². The Morgan fingerprint density at radius 1 is 1.21 bits per heavy atom. The van der Waals surface area contributed by atoms with Crippen LogP contribution in [0.25, 0.3) is 10.9 Å². The fourth-order valence-corrected chi connectivity index (χ4v) is 5.34. The van der Waals surface area contributed by atoms with Crippen LogP contribution in [0.1, 0.15) is 31.7 Å². The molecule has 1 fully saturated rings. The van der Waals surface area contributed by atoms with Gasteiger partial charge in [0.1, 0.15) is 18.4 Å². The number of para-hydroxylation sites is 1. The fourth-order valence-electron chi connectivity index (χ4n) is 4.15. The van der Waals surface area contributed by atoms with Gasteiger partial charge in [-0.25, -0.2) is 8.42 Å². The molecule has 0 aliphatic heterocycles. The largest absolute Gasteiger partial charge is 0.481 e. The van der Waals surface area contributed by atoms with E-state index in [1.165, 1.54) is 43.5 Å². The van der Waals surface area contributed by atoms with Crippen molar-refractivity contribution < 1.29 is 23.1 Å². The zero-order valence-electron chi connectivity index (χ0n) is 19.0. The van der Waals surface area contributed by atoms with Gasteiger partial charge in [-0.3, -0.25) is 4.79 Å². The van der Waals surface area contributed by atoms with E-state index in [0.717, 1.165) is 23.0 Å². The summed E-state index contributed by atoms with van der Waals surface area (Å²) >= 11 is 0. The molecule has 3 aromatic rings. The molecule has 8 heteroatoms. The van der Waals surface area contributed by atoms with Crippen LogP contribution in [-0.4, -0.2) is 36.7 Å². The maximum Gasteiger partial charge on any atom is 0.322 e. The number of nitrogens with zero attached hydrogens (tertiary/aromatic N) is 1. The van der Waals surface area contributed by atoms with Crippen molar-refractivity contribution in [1.82, 2.24) is 9.29 Å². The Balaban J connectivity index is 1.53. The van der Waals surface area contributed by atoms with Crippen LogP contribution in [-0.2, 0) is 27.8 Å². The number of aliphatic carboxylic acids is 1. The maximum atomic E-state index is 12.9. The van der Waals surface area contributed by atoms with Gasteiger partial charge in [0, 0.05) is 30.1 Å². The minimum atomic E-state index is -4.05. The number of aromatic nitrogens is 1. The second-order valence-corrected chi connectivity index (χ2v) is 10.2. The zero-order valence-corrected chi connectivity index (χ0v) is 19.8. The average Bonchev–Trinajstić information content (AvgIpc) is 3.13. The van der Waals surface area contributed by atoms with E-state index in [9.17, 15) is 18.3 Å². The molecule has 7 nitrogen and oxygen atoms in total. The van der Waals surface area contributed by atoms with Crippen molar-refractivity contribution in [2.75, 3.05) is 6.61 Å². The van der Waals surface area contributed by atoms with Crippen LogP contribution < -0.4 is 9.46 Å². The molecular weight excluding hydrogens is 452 g/mol. The molecule has 0 radical (unpaired) electrons. The normalized spacial score (nSPS) is 14.7. The van der Waals surface area contributed by atoms with Gasteiger partial charge in [-0.05, 0) is 61.6 Å². The predicted octanol–water partition coefficient (Wildman–Crippen LogP) is 3.82. The number of carboxylic acid groups (broad SMARTS) is 1. The van der Waals surface area contributed by atoms with Crippen LogP contribution in [0.15, 0.2) is 59.6 Å². The van der Waals surface area contributed by atoms with Gasteiger partial charge in [-0.1, -0.05) is 30.5 Å². The van der Waals surface area contributed by atoms with Crippen molar-refractivity contribution in [3.8, 4) is 17.6 Å². The van der Waals surface area contributed by atoms with E-state index < -0.39 is 22.0 Å². The molecule has 1 aliphatic carbocycles. The first kappa shape index (κ1) is 23.9. The third kappa shape index (κ3) is 5.44. The summed E-state index contributed by atoms with van der Waals surface area (Å²) in [4.78, 5) is 12.0. The van der Waals surface area contributed by atoms with Crippen molar-refractivity contribution in [2.45, 2.75) is 50.1 Å². The number of ether oxygens (including phenoxy) is 1. The lowest BCUT2D eigenvalue weighted by Gasteiger charge is -2.26. The van der Waals surface area contributed by atoms with E-state index >= 15 is 0 Å². The standard InChI is InChI=1S/C26H28N2O5S/c1-2-3-15-33-21-11-13-22(14-12-21)34(31,32)27-24(26(29)30)16-20-18-28(17-19-7-6-8-19)25-10-5-4-9-23(20)25/h4-5,9-14,18-19,24,27H,6-8,15-17H2,1H3,(H,29,30). The molecule has 1 aromatic heterocycles. The summed E-state index contributed by atoms with van der Waals surface area (Å²) in [6, 6.07) is 12.4. The Hall–Kier alpha value is -3.28. The monoisotopic (exact) mass is 480 g/mol. The predicted molar refractivity (Wildman–Crippen MR) is 130 cm³/mol. The summed E-state index contributed by atoms with van der Waals surface area (Å²) in [5.41, 5.74) is 1.85. The van der Waals surface area contributed by atoms with E-state index in [1.807, 2.05) is 30.5 Å². The smallest absolute Gasteiger partial charge is 0.322 e. The van der Waals surface area contributed by atoms with Crippen LogP contribution >= 0.6 is 0 Å². The Labute approximate surface area is 199 Å². The molecule has 2 aromatic carbocycles. The van der Waals surface area contributed by atoms with Crippen molar-refractivity contribution >= 4 is 26.9 Å². The lowest BCUT2D eigenvalue weighted by Crippen LogP contribution is -2.42. The number of nitrogens with one attached hydrogen (secondary N) is 1. The summed E-state index contributed by atoms with van der Waals surface area (Å²) in [7, 11) is -4.05. The van der Waals surface area contributed by atoms with Crippen molar-refractivity contribution in [1.29, 1.82) is 0 Å². The number of rotatable bonds is 10. The molecule has 178 valence electrons. The number of benzene rings is 2. The number of sulfonamides is 1. The van der Waals surface area contributed by atoms with Gasteiger partial charge in [-0.15, -0.1) is 5.92 Å². The first-order valence-corrected chi connectivity index (χ1v) is 12.8. The molecule has 1 aliphatic rings. The number of carbonyl (C=O) groups is 1. The highest BCUT2D eigenvalue weighted by Crippen LogP contribution is 2.31. The topological polar surface area (TPSA) is 97.6 Å². The molecule has 2 N–H and O–H groups in total. The minimum absolute atomic E-state index is 0.0277. The second-order valence-electron chi connectivity index (χ2n) is 8.52. The molecule has 34 heavy (non-hydrogen) atoms. The zero-order chi connectivity index (χ0) is 24.1. The highest BCUT2D eigenvalue weighted by Gasteiger charge is 2.27. The van der Waals surface area contributed by atoms with Gasteiger partial charge in [0.2, 0.25) is 10.0 Å². The Morgan fingerprint density at radius 3 is 2.59 bits per heavy atom. The quantitative estimate of drug-likeness (QED) is 0.430. The molecule has 4 rings (SSSR count). The van der Waals surface area contributed by atoms with Crippen LogP contribution in [0, 0.1) is 17.8 Å². The van der Waals surface area contributed by atoms with E-state index in [0.29, 0.717) is 11.7 Å². The number of hydrogen-bond acceptors (Lipinski definition) is 4. The first-order chi connectivity index (χ1) is 16.4. The van der Waals surface area contributed by atoms with E-state index in [4.69, 9.17) is 4.74 Å². The molecule has 0 amide bonds. The third-order valence-corrected chi connectivity index (χ3v) is 7.68. The lowest BCUT2D eigenvalue weighted by molar-refractivity contribution is -0.138. The Morgan fingerprint density at radius 2 is 1.94 bits per heavy atom. The van der Waals surface area contributed by atoms with E-state index in [2.05, 4.69) is 21.1 Å². The summed E-state index contributed by atoms with van der Waals surface area (Å²) < 4.78 is 35.8. The molecule has 1 saturated carbocycles. The van der Waals surface area contributed by atoms with Crippen LogP contribution in [0.2, 0.25) is 0 Å². The Bertz CT molecular complexity index is 1330. The Kier molecular flexibility index (Phi) is 7.25. The van der Waals surface area contributed by atoms with Gasteiger partial charge < -0.3 is 14.4 Å². The first-order valence-electron chi connectivity index (χ1n) is 11.3. The number of carboxylic acids is 1. The van der Waals surface area contributed by atoms with Gasteiger partial charge in [0.25, 0.3) is 0 Å². The minimum Gasteiger partial charge on any atom is -0.481 e. The van der Waals surface area contributed by atoms with Gasteiger partial charge in [0.15, 0.2) is 0 Å². The molecule has 0 saturated heterocycles. The van der Waals surface area contributed by atoms with Crippen LogP contribution in [0.3, 0.4) is 0 Å². The maximum absolute atomic E-state index is 12.9. The molecule has 1 unspecified atom stereocenters. The highest BCUT2D eigenvalue weighted by atomic mass is 32.2. The summed E-state index contributed by atoms with van der Waals surface area (Å²) in [6.07, 6.45) is 5.67. The molecule has 0 bridgehead atoms. The lowest BCUT2D eigenvalue weighted by atomic mass is 9.85. The van der Waals surface area contributed by atoms with Gasteiger partial charge >= 0.3 is 5.97 Å². The van der Waals surface area contributed by atoms with E-state index in [-0.39, 0.29) is 17.9 Å². The molecule has 0 spiro atoms. The second kappa shape index (κ2) is 10.3. The van der Waals surface area contributed by atoms with Crippen molar-refractivity contribution in [2.24, 2.45) is 5.92 Å². The van der Waals surface area contributed by atoms with Crippen LogP contribution in [0.4, 0.5) is 0 Å². The molecule has 1 atom stereocenters. The fraction of sp³-hybridized carbons (Fsp3) is 0.346. The van der Waals surface area contributed by atoms with Gasteiger partial charge in [0.05, 0.1) is 4.90 Å². The third-order valence-electron chi connectivity index (χ3n) is 6.19. The van der Waals surface area contributed by atoms with Gasteiger partial charge in [-0.2, -0.15) is 4.72 Å². The SMILES string of the molecule is CC#CCOc1ccc(S(=O)(=O)NC(Cc2cn(CC3CCC3)c3ccccc23)C(=O)O)cc1. The number of fused-ring (bicyclic) bond motifs is 1. The van der Waals surface area contributed by atoms with Crippen molar-refractivity contribution in [3.63, 3.8) is 0 Å². The summed E-state index contributed by atoms with van der Waals surface area (Å²) in [5.74, 6) is 5.37. The molecular formula is C26H28N2O5S. The average molecular weight is 481 g/mol. The number of hydrogen-bond donors (Lipinski definition) is 2. The summed E-state index contributed by atoms with van der Waals surface area (Å²) in [6.45, 7) is 2.80.